The zero-order chi connectivity index (χ0) is 12.4. The second-order valence-electron chi connectivity index (χ2n) is 4.80. The van der Waals surface area contributed by atoms with E-state index in [1.165, 1.54) is 0 Å². The van der Waals surface area contributed by atoms with E-state index >= 15 is 0 Å². The monoisotopic (exact) mass is 246 g/mol. The zero-order valence-electron chi connectivity index (χ0n) is 10.6. The molecule has 1 fully saturated rings. The van der Waals surface area contributed by atoms with Crippen LogP contribution >= 0.6 is 0 Å². The van der Waals surface area contributed by atoms with Crippen molar-refractivity contribution in [1.29, 1.82) is 0 Å². The molecule has 4 heteroatoms. The Hall–Kier alpha value is -1.55. The minimum absolute atomic E-state index is 0.703. The fourth-order valence-corrected chi connectivity index (χ4v) is 2.54. The Balaban J connectivity index is 1.84. The summed E-state index contributed by atoms with van der Waals surface area (Å²) >= 11 is 0. The number of hydrogen-bond donors (Lipinski definition) is 0. The van der Waals surface area contributed by atoms with Gasteiger partial charge in [-0.15, -0.1) is 0 Å². The normalized spacial score (nSPS) is 17.2. The molecule has 0 N–H and O–H groups in total. The lowest BCUT2D eigenvalue weighted by atomic mass is 9.95. The second-order valence-corrected chi connectivity index (χ2v) is 4.80. The summed E-state index contributed by atoms with van der Waals surface area (Å²) < 4.78 is 12.7. The van der Waals surface area contributed by atoms with Crippen molar-refractivity contribution < 1.29 is 9.47 Å². The van der Waals surface area contributed by atoms with Gasteiger partial charge in [-0.25, -0.2) is 4.98 Å². The largest absolute Gasteiger partial charge is 0.493 e. The van der Waals surface area contributed by atoms with E-state index < -0.39 is 0 Å². The molecule has 0 radical (unpaired) electrons. The van der Waals surface area contributed by atoms with E-state index in [9.17, 15) is 0 Å². The second kappa shape index (κ2) is 4.98. The lowest BCUT2D eigenvalue weighted by molar-refractivity contribution is 0.0663. The van der Waals surface area contributed by atoms with E-state index in [2.05, 4.69) is 11.2 Å². The number of rotatable bonds is 3. The lowest BCUT2D eigenvalue weighted by Crippen LogP contribution is -2.17. The maximum Gasteiger partial charge on any atom is 0.179 e. The Kier molecular flexibility index (Phi) is 3.19. The highest BCUT2D eigenvalue weighted by Gasteiger charge is 2.16. The number of ether oxygens (including phenoxy) is 2. The standard InChI is InChI=1S/C14H18N2O2/c1-17-13-3-2-6-16-10-12(15-14(13)16)9-11-4-7-18-8-5-11/h2-3,6,10-11H,4-5,7-9H2,1H3. The van der Waals surface area contributed by atoms with E-state index in [1.54, 1.807) is 7.11 Å². The molecule has 1 saturated heterocycles. The summed E-state index contributed by atoms with van der Waals surface area (Å²) in [6.07, 6.45) is 7.44. The van der Waals surface area contributed by atoms with Crippen molar-refractivity contribution in [2.24, 2.45) is 5.92 Å². The van der Waals surface area contributed by atoms with Gasteiger partial charge in [0.2, 0.25) is 0 Å². The van der Waals surface area contributed by atoms with Gasteiger partial charge in [-0.2, -0.15) is 0 Å². The summed E-state index contributed by atoms with van der Waals surface area (Å²) in [5, 5.41) is 0. The summed E-state index contributed by atoms with van der Waals surface area (Å²) in [7, 11) is 1.68. The van der Waals surface area contributed by atoms with Crippen molar-refractivity contribution in [1.82, 2.24) is 9.38 Å². The maximum atomic E-state index is 5.39. The number of fused-ring (bicyclic) bond motifs is 1. The van der Waals surface area contributed by atoms with Crippen LogP contribution in [-0.4, -0.2) is 29.7 Å². The third kappa shape index (κ3) is 2.20. The summed E-state index contributed by atoms with van der Waals surface area (Å²) in [6.45, 7) is 1.78. The van der Waals surface area contributed by atoms with Crippen LogP contribution in [0.25, 0.3) is 5.65 Å². The molecule has 0 unspecified atom stereocenters. The Bertz CT molecular complexity index is 530. The van der Waals surface area contributed by atoms with Crippen LogP contribution < -0.4 is 4.74 Å². The van der Waals surface area contributed by atoms with E-state index in [4.69, 9.17) is 9.47 Å². The fraction of sp³-hybridized carbons (Fsp3) is 0.500. The van der Waals surface area contributed by atoms with Crippen molar-refractivity contribution in [2.75, 3.05) is 20.3 Å². The van der Waals surface area contributed by atoms with Crippen LogP contribution in [0.5, 0.6) is 5.75 Å². The average molecular weight is 246 g/mol. The Morgan fingerprint density at radius 1 is 1.44 bits per heavy atom. The first-order valence-corrected chi connectivity index (χ1v) is 6.45. The van der Waals surface area contributed by atoms with Crippen LogP contribution in [0.15, 0.2) is 24.5 Å². The number of imidazole rings is 1. The van der Waals surface area contributed by atoms with Gasteiger partial charge in [-0.1, -0.05) is 0 Å². The lowest BCUT2D eigenvalue weighted by Gasteiger charge is -2.20. The number of pyridine rings is 1. The molecule has 1 aliphatic heterocycles. The smallest absolute Gasteiger partial charge is 0.179 e. The Morgan fingerprint density at radius 2 is 2.28 bits per heavy atom. The number of nitrogens with zero attached hydrogens (tertiary/aromatic N) is 2. The number of aromatic nitrogens is 2. The van der Waals surface area contributed by atoms with E-state index in [0.717, 1.165) is 49.6 Å². The van der Waals surface area contributed by atoms with Crippen LogP contribution in [0.1, 0.15) is 18.5 Å². The van der Waals surface area contributed by atoms with Crippen LogP contribution in [0.2, 0.25) is 0 Å². The molecule has 18 heavy (non-hydrogen) atoms. The average Bonchev–Trinajstić information content (AvgIpc) is 2.82. The molecule has 0 aliphatic carbocycles. The number of hydrogen-bond acceptors (Lipinski definition) is 3. The van der Waals surface area contributed by atoms with Crippen molar-refractivity contribution in [3.8, 4) is 5.75 Å². The van der Waals surface area contributed by atoms with Crippen LogP contribution in [0.3, 0.4) is 0 Å². The van der Waals surface area contributed by atoms with Crippen LogP contribution in [0.4, 0.5) is 0 Å². The Morgan fingerprint density at radius 3 is 3.06 bits per heavy atom. The third-order valence-corrected chi connectivity index (χ3v) is 3.56. The van der Waals surface area contributed by atoms with Crippen molar-refractivity contribution in [3.63, 3.8) is 0 Å². The van der Waals surface area contributed by atoms with Gasteiger partial charge in [-0.3, -0.25) is 0 Å². The van der Waals surface area contributed by atoms with Gasteiger partial charge >= 0.3 is 0 Å². The van der Waals surface area contributed by atoms with Crippen LogP contribution in [0, 0.1) is 5.92 Å². The molecule has 4 nitrogen and oxygen atoms in total. The minimum atomic E-state index is 0.703. The predicted molar refractivity (Wildman–Crippen MR) is 69.0 cm³/mol. The molecule has 0 amide bonds. The summed E-state index contributed by atoms with van der Waals surface area (Å²) in [6, 6.07) is 3.92. The molecule has 96 valence electrons. The molecule has 2 aromatic heterocycles. The van der Waals surface area contributed by atoms with Gasteiger partial charge < -0.3 is 13.9 Å². The van der Waals surface area contributed by atoms with Gasteiger partial charge in [0.05, 0.1) is 12.8 Å². The molecule has 3 heterocycles. The van der Waals surface area contributed by atoms with E-state index in [1.807, 2.05) is 22.7 Å². The molecule has 2 aromatic rings. The zero-order valence-corrected chi connectivity index (χ0v) is 10.6. The van der Waals surface area contributed by atoms with Crippen molar-refractivity contribution in [3.05, 3.63) is 30.2 Å². The predicted octanol–water partition coefficient (Wildman–Crippen LogP) is 2.31. The van der Waals surface area contributed by atoms with Gasteiger partial charge in [0, 0.05) is 25.6 Å². The van der Waals surface area contributed by atoms with Gasteiger partial charge in [0.1, 0.15) is 0 Å². The quantitative estimate of drug-likeness (QED) is 0.833. The number of methoxy groups -OCH3 is 1. The summed E-state index contributed by atoms with van der Waals surface area (Å²) in [5.74, 6) is 1.53. The van der Waals surface area contributed by atoms with E-state index in [0.29, 0.717) is 5.92 Å². The molecular weight excluding hydrogens is 228 g/mol. The molecule has 0 bridgehead atoms. The highest BCUT2D eigenvalue weighted by Crippen LogP contribution is 2.22. The SMILES string of the molecule is COc1cccn2cc(CC3CCOCC3)nc12. The first kappa shape index (κ1) is 11.5. The van der Waals surface area contributed by atoms with Crippen molar-refractivity contribution in [2.45, 2.75) is 19.3 Å². The molecule has 3 rings (SSSR count). The van der Waals surface area contributed by atoms with Crippen molar-refractivity contribution >= 4 is 5.65 Å². The molecule has 0 atom stereocenters. The molecule has 0 spiro atoms. The maximum absolute atomic E-state index is 5.39. The molecular formula is C14H18N2O2. The topological polar surface area (TPSA) is 35.8 Å². The van der Waals surface area contributed by atoms with Gasteiger partial charge in [0.25, 0.3) is 0 Å². The summed E-state index contributed by atoms with van der Waals surface area (Å²) in [5.41, 5.74) is 2.05. The van der Waals surface area contributed by atoms with Crippen LogP contribution in [-0.2, 0) is 11.2 Å². The van der Waals surface area contributed by atoms with Gasteiger partial charge in [0.15, 0.2) is 11.4 Å². The van der Waals surface area contributed by atoms with Gasteiger partial charge in [-0.05, 0) is 37.3 Å². The molecule has 1 aliphatic rings. The minimum Gasteiger partial charge on any atom is -0.493 e. The highest BCUT2D eigenvalue weighted by molar-refractivity contribution is 5.54. The molecule has 0 aromatic carbocycles. The summed E-state index contributed by atoms with van der Waals surface area (Å²) in [4.78, 5) is 4.67. The van der Waals surface area contributed by atoms with E-state index in [-0.39, 0.29) is 0 Å². The highest BCUT2D eigenvalue weighted by atomic mass is 16.5. The first-order chi connectivity index (χ1) is 8.86. The third-order valence-electron chi connectivity index (χ3n) is 3.56. The molecule has 0 saturated carbocycles. The first-order valence-electron chi connectivity index (χ1n) is 6.45. The fourth-order valence-electron chi connectivity index (χ4n) is 2.54. The Labute approximate surface area is 107 Å².